The Morgan fingerprint density at radius 1 is 0.958 bits per heavy atom. The van der Waals surface area contributed by atoms with Crippen molar-refractivity contribution < 1.29 is 19.1 Å². The van der Waals surface area contributed by atoms with Gasteiger partial charge in [0.1, 0.15) is 6.61 Å². The van der Waals surface area contributed by atoms with E-state index in [1.54, 1.807) is 36.4 Å². The summed E-state index contributed by atoms with van der Waals surface area (Å²) >= 11 is 0. The normalized spacial score (nSPS) is 13.2. The van der Waals surface area contributed by atoms with Crippen LogP contribution in [0.25, 0.3) is 0 Å². The highest BCUT2D eigenvalue weighted by Gasteiger charge is 2.34. The molecular formula is C19H17NO4. The first-order chi connectivity index (χ1) is 11.5. The second-order valence-electron chi connectivity index (χ2n) is 5.82. The van der Waals surface area contributed by atoms with Crippen molar-refractivity contribution in [3.8, 4) is 0 Å². The lowest BCUT2D eigenvalue weighted by molar-refractivity contribution is 0.0420. The summed E-state index contributed by atoms with van der Waals surface area (Å²) in [5.74, 6) is -1.16. The number of nitrogens with zero attached hydrogens (tertiary/aromatic N) is 1. The van der Waals surface area contributed by atoms with E-state index in [-0.39, 0.29) is 25.0 Å². The fourth-order valence-corrected chi connectivity index (χ4v) is 2.85. The summed E-state index contributed by atoms with van der Waals surface area (Å²) in [6, 6.07) is 12.1. The van der Waals surface area contributed by atoms with Gasteiger partial charge in [0.15, 0.2) is 0 Å². The molecule has 24 heavy (non-hydrogen) atoms. The molecule has 122 valence electrons. The summed E-state index contributed by atoms with van der Waals surface area (Å²) in [7, 11) is 0. The molecule has 1 aliphatic rings. The van der Waals surface area contributed by atoms with Crippen LogP contribution in [0.4, 0.5) is 0 Å². The first kappa shape index (κ1) is 15.9. The van der Waals surface area contributed by atoms with Gasteiger partial charge >= 0.3 is 5.97 Å². The summed E-state index contributed by atoms with van der Waals surface area (Å²) in [6.07, 6.45) is 0. The van der Waals surface area contributed by atoms with E-state index in [0.717, 1.165) is 16.0 Å². The lowest BCUT2D eigenvalue weighted by Gasteiger charge is -2.14. The lowest BCUT2D eigenvalue weighted by Crippen LogP contribution is -2.33. The summed E-state index contributed by atoms with van der Waals surface area (Å²) in [6.45, 7) is 3.82. The van der Waals surface area contributed by atoms with Gasteiger partial charge < -0.3 is 4.74 Å². The standard InChI is InChI=1S/C19H17NO4/c1-12-9-13(2)11-14(10-12)19(23)24-8-7-20-17(21)15-5-3-4-6-16(15)18(20)22/h3-6,9-11H,7-8H2,1-2H3. The second-order valence-corrected chi connectivity index (χ2v) is 5.82. The topological polar surface area (TPSA) is 63.7 Å². The molecule has 0 spiro atoms. The Hall–Kier alpha value is -2.95. The molecule has 0 atom stereocenters. The predicted octanol–water partition coefficient (Wildman–Crippen LogP) is 2.76. The number of aryl methyl sites for hydroxylation is 2. The number of esters is 1. The Morgan fingerprint density at radius 2 is 1.50 bits per heavy atom. The maximum Gasteiger partial charge on any atom is 0.338 e. The van der Waals surface area contributed by atoms with E-state index in [1.807, 2.05) is 19.9 Å². The number of hydrogen-bond donors (Lipinski definition) is 0. The Morgan fingerprint density at radius 3 is 2.04 bits per heavy atom. The summed E-state index contributed by atoms with van der Waals surface area (Å²) in [5.41, 5.74) is 3.20. The molecule has 0 saturated heterocycles. The molecule has 0 unspecified atom stereocenters. The van der Waals surface area contributed by atoms with Crippen molar-refractivity contribution >= 4 is 17.8 Å². The largest absolute Gasteiger partial charge is 0.460 e. The van der Waals surface area contributed by atoms with E-state index in [9.17, 15) is 14.4 Å². The molecule has 5 heteroatoms. The summed E-state index contributed by atoms with van der Waals surface area (Å²) in [4.78, 5) is 37.6. The zero-order valence-corrected chi connectivity index (χ0v) is 13.5. The third kappa shape index (κ3) is 2.93. The molecule has 0 fully saturated rings. The Balaban J connectivity index is 1.62. The Labute approximate surface area is 139 Å². The molecule has 1 aliphatic heterocycles. The van der Waals surface area contributed by atoms with Gasteiger partial charge in [-0.15, -0.1) is 0 Å². The SMILES string of the molecule is Cc1cc(C)cc(C(=O)OCCN2C(=O)c3ccccc3C2=O)c1. The minimum absolute atomic E-state index is 0.0305. The van der Waals surface area contributed by atoms with Crippen LogP contribution in [0.15, 0.2) is 42.5 Å². The smallest absolute Gasteiger partial charge is 0.338 e. The van der Waals surface area contributed by atoms with Crippen LogP contribution >= 0.6 is 0 Å². The number of hydrogen-bond acceptors (Lipinski definition) is 4. The van der Waals surface area contributed by atoms with Gasteiger partial charge in [-0.25, -0.2) is 4.79 Å². The molecule has 2 aromatic rings. The van der Waals surface area contributed by atoms with E-state index in [1.165, 1.54) is 0 Å². The van der Waals surface area contributed by atoms with E-state index in [0.29, 0.717) is 16.7 Å². The summed E-state index contributed by atoms with van der Waals surface area (Å²) in [5, 5.41) is 0. The van der Waals surface area contributed by atoms with Crippen LogP contribution in [-0.2, 0) is 4.74 Å². The predicted molar refractivity (Wildman–Crippen MR) is 88.0 cm³/mol. The van der Waals surface area contributed by atoms with Gasteiger partial charge in [-0.05, 0) is 38.1 Å². The number of fused-ring (bicyclic) bond motifs is 1. The van der Waals surface area contributed by atoms with Crippen LogP contribution in [-0.4, -0.2) is 35.8 Å². The van der Waals surface area contributed by atoms with E-state index >= 15 is 0 Å². The highest BCUT2D eigenvalue weighted by molar-refractivity contribution is 6.21. The summed E-state index contributed by atoms with van der Waals surface area (Å²) < 4.78 is 5.21. The number of carbonyl (C=O) groups is 3. The highest BCUT2D eigenvalue weighted by atomic mass is 16.5. The number of ether oxygens (including phenoxy) is 1. The van der Waals surface area contributed by atoms with Gasteiger partial charge in [0, 0.05) is 0 Å². The minimum atomic E-state index is -0.460. The monoisotopic (exact) mass is 323 g/mol. The molecule has 0 aliphatic carbocycles. The number of rotatable bonds is 4. The molecule has 0 saturated carbocycles. The molecular weight excluding hydrogens is 306 g/mol. The Bertz CT molecular complexity index is 786. The molecule has 0 N–H and O–H groups in total. The number of carbonyl (C=O) groups excluding carboxylic acids is 3. The average molecular weight is 323 g/mol. The van der Waals surface area contributed by atoms with Crippen LogP contribution in [0.2, 0.25) is 0 Å². The molecule has 5 nitrogen and oxygen atoms in total. The van der Waals surface area contributed by atoms with Crippen LogP contribution < -0.4 is 0 Å². The molecule has 0 aromatic heterocycles. The molecule has 2 amide bonds. The average Bonchev–Trinajstić information content (AvgIpc) is 2.79. The van der Waals surface area contributed by atoms with Crippen LogP contribution in [0, 0.1) is 13.8 Å². The fourth-order valence-electron chi connectivity index (χ4n) is 2.85. The van der Waals surface area contributed by atoms with E-state index < -0.39 is 5.97 Å². The van der Waals surface area contributed by atoms with Gasteiger partial charge in [-0.1, -0.05) is 29.3 Å². The van der Waals surface area contributed by atoms with E-state index in [2.05, 4.69) is 0 Å². The maximum absolute atomic E-state index is 12.2. The molecule has 1 heterocycles. The Kier molecular flexibility index (Phi) is 4.16. The fraction of sp³-hybridized carbons (Fsp3) is 0.211. The number of imide groups is 1. The third-order valence-electron chi connectivity index (χ3n) is 3.88. The second kappa shape index (κ2) is 6.28. The lowest BCUT2D eigenvalue weighted by atomic mass is 10.1. The van der Waals surface area contributed by atoms with Crippen molar-refractivity contribution in [2.45, 2.75) is 13.8 Å². The van der Waals surface area contributed by atoms with Crippen LogP contribution in [0.1, 0.15) is 42.2 Å². The van der Waals surface area contributed by atoms with Crippen molar-refractivity contribution in [2.75, 3.05) is 13.2 Å². The molecule has 3 rings (SSSR count). The molecule has 2 aromatic carbocycles. The first-order valence-electron chi connectivity index (χ1n) is 7.68. The zero-order chi connectivity index (χ0) is 17.3. The van der Waals surface area contributed by atoms with Gasteiger partial charge in [-0.3, -0.25) is 14.5 Å². The van der Waals surface area contributed by atoms with Crippen LogP contribution in [0.5, 0.6) is 0 Å². The van der Waals surface area contributed by atoms with Gasteiger partial charge in [0.05, 0.1) is 23.2 Å². The van der Waals surface area contributed by atoms with Gasteiger partial charge in [0.2, 0.25) is 0 Å². The molecule has 0 bridgehead atoms. The van der Waals surface area contributed by atoms with Crippen LogP contribution in [0.3, 0.4) is 0 Å². The van der Waals surface area contributed by atoms with Crippen molar-refractivity contribution in [1.29, 1.82) is 0 Å². The van der Waals surface area contributed by atoms with Crippen molar-refractivity contribution in [3.05, 3.63) is 70.3 Å². The van der Waals surface area contributed by atoms with Gasteiger partial charge in [0.25, 0.3) is 11.8 Å². The first-order valence-corrected chi connectivity index (χ1v) is 7.68. The van der Waals surface area contributed by atoms with Crippen molar-refractivity contribution in [3.63, 3.8) is 0 Å². The highest BCUT2D eigenvalue weighted by Crippen LogP contribution is 2.22. The minimum Gasteiger partial charge on any atom is -0.460 e. The number of amides is 2. The third-order valence-corrected chi connectivity index (χ3v) is 3.88. The quantitative estimate of drug-likeness (QED) is 0.641. The van der Waals surface area contributed by atoms with Crippen molar-refractivity contribution in [1.82, 2.24) is 4.90 Å². The van der Waals surface area contributed by atoms with E-state index in [4.69, 9.17) is 4.74 Å². The zero-order valence-electron chi connectivity index (χ0n) is 13.5. The molecule has 0 radical (unpaired) electrons. The number of benzene rings is 2. The maximum atomic E-state index is 12.2. The van der Waals surface area contributed by atoms with Crippen molar-refractivity contribution in [2.24, 2.45) is 0 Å². The van der Waals surface area contributed by atoms with Gasteiger partial charge in [-0.2, -0.15) is 0 Å².